The van der Waals surface area contributed by atoms with Gasteiger partial charge in [-0.2, -0.15) is 0 Å². The van der Waals surface area contributed by atoms with Crippen molar-refractivity contribution in [3.05, 3.63) is 89.5 Å². The Labute approximate surface area is 236 Å². The molecule has 1 aliphatic carbocycles. The molecule has 200 valence electrons. The first kappa shape index (κ1) is 26.8. The first-order valence-corrected chi connectivity index (χ1v) is 14.7. The number of nitrogens with zero attached hydrogens (tertiary/aromatic N) is 1. The molecule has 4 aromatic rings. The molecule has 0 spiro atoms. The maximum absolute atomic E-state index is 12.7. The topological polar surface area (TPSA) is 92.3 Å². The molecule has 3 N–H and O–H groups in total. The van der Waals surface area contributed by atoms with Gasteiger partial charge in [0.1, 0.15) is 5.69 Å². The number of nitrogens with one attached hydrogen (secondary N) is 3. The molecular weight excluding hydrogens is 528 g/mol. The lowest BCUT2D eigenvalue weighted by molar-refractivity contribution is 0.0951. The summed E-state index contributed by atoms with van der Waals surface area (Å²) in [6.07, 6.45) is 1.51. The van der Waals surface area contributed by atoms with Crippen molar-refractivity contribution in [1.82, 2.24) is 15.6 Å². The van der Waals surface area contributed by atoms with Crippen molar-refractivity contribution < 1.29 is 14.3 Å². The lowest BCUT2D eigenvalue weighted by atomic mass is 10.1. The zero-order valence-electron chi connectivity index (χ0n) is 21.8. The van der Waals surface area contributed by atoms with Crippen molar-refractivity contribution in [2.45, 2.75) is 44.2 Å². The van der Waals surface area contributed by atoms with Crippen LogP contribution in [0, 0.1) is 6.92 Å². The van der Waals surface area contributed by atoms with Crippen molar-refractivity contribution in [2.75, 3.05) is 11.1 Å². The van der Waals surface area contributed by atoms with E-state index in [2.05, 4.69) is 22.9 Å². The van der Waals surface area contributed by atoms with Crippen LogP contribution >= 0.6 is 23.1 Å². The van der Waals surface area contributed by atoms with Crippen LogP contribution in [0.4, 0.5) is 15.6 Å². The lowest BCUT2D eigenvalue weighted by Crippen LogP contribution is -2.26. The molecule has 0 radical (unpaired) electrons. The second-order valence-corrected chi connectivity index (χ2v) is 11.5. The Morgan fingerprint density at radius 3 is 2.54 bits per heavy atom. The summed E-state index contributed by atoms with van der Waals surface area (Å²) in [6, 6.07) is 23.6. The Kier molecular flexibility index (Phi) is 8.48. The van der Waals surface area contributed by atoms with E-state index in [1.54, 1.807) is 11.8 Å². The summed E-state index contributed by atoms with van der Waals surface area (Å²) in [5, 5.41) is 10.1. The van der Waals surface area contributed by atoms with Crippen LogP contribution in [0.25, 0.3) is 11.3 Å². The molecule has 0 bridgehead atoms. The first-order valence-electron chi connectivity index (χ1n) is 12.9. The molecular formula is C30H30N4O3S2. The van der Waals surface area contributed by atoms with Crippen LogP contribution in [-0.2, 0) is 6.54 Å². The Morgan fingerprint density at radius 1 is 1.05 bits per heavy atom. The Balaban J connectivity index is 1.38. The highest BCUT2D eigenvalue weighted by atomic mass is 32.2. The number of amides is 2. The maximum atomic E-state index is 12.7. The number of ether oxygens (including phenoxy) is 1. The van der Waals surface area contributed by atoms with E-state index in [4.69, 9.17) is 9.72 Å². The third-order valence-corrected chi connectivity index (χ3v) is 7.90. The fraction of sp³-hybridized carbons (Fsp3) is 0.233. The quantitative estimate of drug-likeness (QED) is 0.179. The highest BCUT2D eigenvalue weighted by Crippen LogP contribution is 2.40. The number of hydrogen-bond acceptors (Lipinski definition) is 7. The second-order valence-electron chi connectivity index (χ2n) is 9.24. The number of aryl methyl sites for hydroxylation is 1. The van der Waals surface area contributed by atoms with Gasteiger partial charge in [0.25, 0.3) is 5.91 Å². The predicted molar refractivity (Wildman–Crippen MR) is 158 cm³/mol. The van der Waals surface area contributed by atoms with E-state index >= 15 is 0 Å². The van der Waals surface area contributed by atoms with Gasteiger partial charge in [-0.1, -0.05) is 66.8 Å². The molecule has 0 aliphatic heterocycles. The van der Waals surface area contributed by atoms with Crippen LogP contribution in [0.1, 0.15) is 41.3 Å². The van der Waals surface area contributed by atoms with Gasteiger partial charge in [0.15, 0.2) is 5.13 Å². The molecule has 1 aromatic heterocycles. The average molecular weight is 559 g/mol. The molecule has 0 unspecified atom stereocenters. The zero-order chi connectivity index (χ0) is 27.2. The van der Waals surface area contributed by atoms with Crippen LogP contribution in [0.3, 0.4) is 0 Å². The minimum absolute atomic E-state index is 0.0791. The summed E-state index contributed by atoms with van der Waals surface area (Å²) >= 11 is 3.01. The number of hydrogen-bond donors (Lipinski definition) is 3. The highest BCUT2D eigenvalue weighted by molar-refractivity contribution is 7.99. The first-order chi connectivity index (χ1) is 19.0. The SMILES string of the molecule is CCSc1ccc(-c2nc(Nc3cc(C(=O)NC4CC4)ccc3C)sc2OC(=O)NCc2ccccc2)cc1. The average Bonchev–Trinajstić information content (AvgIpc) is 3.68. The number of anilines is 2. The van der Waals surface area contributed by atoms with Crippen LogP contribution in [0.2, 0.25) is 0 Å². The smallest absolute Gasteiger partial charge is 0.397 e. The van der Waals surface area contributed by atoms with Crippen LogP contribution in [-0.4, -0.2) is 28.8 Å². The van der Waals surface area contributed by atoms with Crippen molar-refractivity contribution in [2.24, 2.45) is 0 Å². The molecule has 3 aromatic carbocycles. The summed E-state index contributed by atoms with van der Waals surface area (Å²) in [7, 11) is 0. The van der Waals surface area contributed by atoms with E-state index < -0.39 is 6.09 Å². The standard InChI is InChI=1S/C30H30N4O3S2/c1-3-38-24-15-11-21(12-16-24)26-28(37-30(36)31-18-20-7-5-4-6-8-20)39-29(34-26)33-25-17-22(10-9-19(25)2)27(35)32-23-13-14-23/h4-12,15-17,23H,3,13-14,18H2,1-2H3,(H,31,36)(H,32,35)(H,33,34). The van der Waals surface area contributed by atoms with Gasteiger partial charge in [-0.25, -0.2) is 9.78 Å². The zero-order valence-corrected chi connectivity index (χ0v) is 23.5. The number of thioether (sulfide) groups is 1. The van der Waals surface area contributed by atoms with E-state index in [9.17, 15) is 9.59 Å². The van der Waals surface area contributed by atoms with E-state index in [1.807, 2.05) is 79.7 Å². The minimum atomic E-state index is -0.552. The maximum Gasteiger partial charge on any atom is 0.413 e. The predicted octanol–water partition coefficient (Wildman–Crippen LogP) is 7.15. The van der Waals surface area contributed by atoms with Gasteiger partial charge in [0.2, 0.25) is 5.06 Å². The van der Waals surface area contributed by atoms with Gasteiger partial charge in [0, 0.05) is 34.3 Å². The fourth-order valence-electron chi connectivity index (χ4n) is 3.89. The Morgan fingerprint density at radius 2 is 1.82 bits per heavy atom. The molecule has 1 fully saturated rings. The number of carbonyl (C=O) groups is 2. The van der Waals surface area contributed by atoms with Crippen LogP contribution < -0.4 is 20.7 Å². The van der Waals surface area contributed by atoms with E-state index in [1.165, 1.54) is 11.3 Å². The second kappa shape index (κ2) is 12.4. The van der Waals surface area contributed by atoms with Crippen molar-refractivity contribution in [1.29, 1.82) is 0 Å². The van der Waals surface area contributed by atoms with Crippen LogP contribution in [0.5, 0.6) is 5.06 Å². The van der Waals surface area contributed by atoms with Crippen molar-refractivity contribution in [3.63, 3.8) is 0 Å². The molecule has 39 heavy (non-hydrogen) atoms. The van der Waals surface area contributed by atoms with Crippen LogP contribution in [0.15, 0.2) is 77.7 Å². The molecule has 1 saturated carbocycles. The van der Waals surface area contributed by atoms with Gasteiger partial charge in [-0.05, 0) is 60.9 Å². The highest BCUT2D eigenvalue weighted by Gasteiger charge is 2.24. The van der Waals surface area contributed by atoms with Gasteiger partial charge in [-0.15, -0.1) is 11.8 Å². The molecule has 7 nitrogen and oxygen atoms in total. The third kappa shape index (κ3) is 7.19. The molecule has 1 heterocycles. The lowest BCUT2D eigenvalue weighted by Gasteiger charge is -2.10. The van der Waals surface area contributed by atoms with Crippen molar-refractivity contribution >= 4 is 45.9 Å². The number of benzene rings is 3. The largest absolute Gasteiger partial charge is 0.413 e. The van der Waals surface area contributed by atoms with E-state index in [0.717, 1.165) is 45.9 Å². The molecule has 5 rings (SSSR count). The monoisotopic (exact) mass is 558 g/mol. The summed E-state index contributed by atoms with van der Waals surface area (Å²) in [5.74, 6) is 0.904. The number of thiazole rings is 1. The van der Waals surface area contributed by atoms with Gasteiger partial charge in [-0.3, -0.25) is 4.79 Å². The van der Waals surface area contributed by atoms with Gasteiger partial charge < -0.3 is 20.7 Å². The molecule has 9 heteroatoms. The number of carbonyl (C=O) groups excluding carboxylic acids is 2. The molecule has 0 atom stereocenters. The summed E-state index contributed by atoms with van der Waals surface area (Å²) in [6.45, 7) is 4.44. The van der Waals surface area contributed by atoms with E-state index in [-0.39, 0.29) is 11.9 Å². The summed E-state index contributed by atoms with van der Waals surface area (Å²) in [4.78, 5) is 31.3. The van der Waals surface area contributed by atoms with Crippen molar-refractivity contribution in [3.8, 4) is 16.3 Å². The third-order valence-electron chi connectivity index (χ3n) is 6.15. The Hall–Kier alpha value is -3.82. The summed E-state index contributed by atoms with van der Waals surface area (Å²) in [5.41, 5.74) is 4.73. The Bertz CT molecular complexity index is 1450. The normalized spacial score (nSPS) is 12.6. The minimum Gasteiger partial charge on any atom is -0.397 e. The number of rotatable bonds is 10. The van der Waals surface area contributed by atoms with Gasteiger partial charge in [0.05, 0.1) is 0 Å². The van der Waals surface area contributed by atoms with E-state index in [0.29, 0.717) is 28.0 Å². The molecule has 1 aliphatic rings. The summed E-state index contributed by atoms with van der Waals surface area (Å²) < 4.78 is 5.76. The van der Waals surface area contributed by atoms with Gasteiger partial charge >= 0.3 is 6.09 Å². The molecule has 2 amide bonds. The fourth-order valence-corrected chi connectivity index (χ4v) is 5.40. The number of aromatic nitrogens is 1. The molecule has 0 saturated heterocycles.